The second kappa shape index (κ2) is 7.64. The molecule has 2 aromatic carbocycles. The molecule has 0 N–H and O–H groups in total. The van der Waals surface area contributed by atoms with Gasteiger partial charge in [0.2, 0.25) is 0 Å². The maximum Gasteiger partial charge on any atom is 0.161 e. The molecule has 0 unspecified atom stereocenters. The van der Waals surface area contributed by atoms with E-state index in [4.69, 9.17) is 9.47 Å². The van der Waals surface area contributed by atoms with E-state index in [9.17, 15) is 4.39 Å². The Balaban J connectivity index is 1.57. The van der Waals surface area contributed by atoms with Gasteiger partial charge in [-0.3, -0.25) is 9.58 Å². The second-order valence-corrected chi connectivity index (χ2v) is 7.15. The van der Waals surface area contributed by atoms with Crippen molar-refractivity contribution in [3.63, 3.8) is 0 Å². The minimum absolute atomic E-state index is 0.143. The third-order valence-corrected chi connectivity index (χ3v) is 5.16. The maximum absolute atomic E-state index is 14.3. The topological polar surface area (TPSA) is 39.5 Å². The first-order chi connectivity index (χ1) is 13.5. The predicted molar refractivity (Wildman–Crippen MR) is 106 cm³/mol. The van der Waals surface area contributed by atoms with Gasteiger partial charge in [-0.2, -0.15) is 5.10 Å². The van der Waals surface area contributed by atoms with Crippen LogP contribution in [0.2, 0.25) is 0 Å². The highest BCUT2D eigenvalue weighted by Gasteiger charge is 2.20. The Morgan fingerprint density at radius 2 is 1.89 bits per heavy atom. The van der Waals surface area contributed by atoms with Gasteiger partial charge in [0.05, 0.1) is 5.69 Å². The molecule has 3 aromatic rings. The highest BCUT2D eigenvalue weighted by molar-refractivity contribution is 5.63. The first-order valence-electron chi connectivity index (χ1n) is 9.40. The Bertz CT molecular complexity index is 986. The lowest BCUT2D eigenvalue weighted by Gasteiger charge is -2.26. The van der Waals surface area contributed by atoms with E-state index in [0.717, 1.165) is 22.6 Å². The van der Waals surface area contributed by atoms with Crippen molar-refractivity contribution in [2.75, 3.05) is 20.3 Å². The van der Waals surface area contributed by atoms with Gasteiger partial charge in [-0.05, 0) is 43.8 Å². The van der Waals surface area contributed by atoms with Gasteiger partial charge in [0, 0.05) is 37.0 Å². The monoisotopic (exact) mass is 381 g/mol. The summed E-state index contributed by atoms with van der Waals surface area (Å²) in [5, 5.41) is 4.50. The molecule has 0 radical (unpaired) electrons. The standard InChI is InChI=1S/C22H24FN3O2/c1-15(16-8-9-20-21(12-16)28-11-10-27-20)25(2)13-17-14-26(3)24-22(17)18-6-4-5-7-19(18)23/h4-9,12,14-15H,10-11,13H2,1-3H3/t15-/m1/s1. The van der Waals surface area contributed by atoms with Crippen molar-refractivity contribution >= 4 is 0 Å². The summed E-state index contributed by atoms with van der Waals surface area (Å²) in [7, 11) is 3.91. The van der Waals surface area contributed by atoms with Gasteiger partial charge >= 0.3 is 0 Å². The number of aryl methyl sites for hydroxylation is 1. The summed E-state index contributed by atoms with van der Waals surface area (Å²) in [4.78, 5) is 2.22. The quantitative estimate of drug-likeness (QED) is 0.664. The number of hydrogen-bond acceptors (Lipinski definition) is 4. The van der Waals surface area contributed by atoms with Crippen LogP contribution in [0.25, 0.3) is 11.3 Å². The number of aromatic nitrogens is 2. The molecule has 0 saturated carbocycles. The maximum atomic E-state index is 14.3. The Labute approximate surface area is 164 Å². The third-order valence-electron chi connectivity index (χ3n) is 5.16. The summed E-state index contributed by atoms with van der Waals surface area (Å²) in [6.45, 7) is 3.95. The molecule has 6 heteroatoms. The molecule has 1 aliphatic heterocycles. The first-order valence-corrected chi connectivity index (χ1v) is 9.40. The smallest absolute Gasteiger partial charge is 0.161 e. The highest BCUT2D eigenvalue weighted by atomic mass is 19.1. The van der Waals surface area contributed by atoms with E-state index in [1.807, 2.05) is 31.4 Å². The summed E-state index contributed by atoms with van der Waals surface area (Å²) in [6, 6.07) is 13.0. The normalized spacial score (nSPS) is 14.3. The lowest BCUT2D eigenvalue weighted by atomic mass is 10.0. The van der Waals surface area contributed by atoms with Crippen molar-refractivity contribution in [2.45, 2.75) is 19.5 Å². The fourth-order valence-electron chi connectivity index (χ4n) is 3.51. The molecule has 0 spiro atoms. The summed E-state index contributed by atoms with van der Waals surface area (Å²) in [5.74, 6) is 1.32. The molecule has 0 bridgehead atoms. The van der Waals surface area contributed by atoms with Crippen molar-refractivity contribution in [2.24, 2.45) is 7.05 Å². The molecule has 1 atom stereocenters. The summed E-state index contributed by atoms with van der Waals surface area (Å²) >= 11 is 0. The minimum Gasteiger partial charge on any atom is -0.486 e. The number of nitrogens with zero attached hydrogens (tertiary/aromatic N) is 3. The van der Waals surface area contributed by atoms with Crippen molar-refractivity contribution < 1.29 is 13.9 Å². The number of halogens is 1. The molecule has 5 nitrogen and oxygen atoms in total. The van der Waals surface area contributed by atoms with E-state index in [2.05, 4.69) is 30.0 Å². The summed E-state index contributed by atoms with van der Waals surface area (Å²) in [5.41, 5.74) is 3.34. The Kier molecular flexibility index (Phi) is 5.05. The van der Waals surface area contributed by atoms with Crippen LogP contribution >= 0.6 is 0 Å². The van der Waals surface area contributed by atoms with Crippen molar-refractivity contribution in [1.82, 2.24) is 14.7 Å². The summed E-state index contributed by atoms with van der Waals surface area (Å²) < 4.78 is 27.3. The van der Waals surface area contributed by atoms with Gasteiger partial charge in [0.1, 0.15) is 19.0 Å². The van der Waals surface area contributed by atoms with Crippen LogP contribution in [0, 0.1) is 5.82 Å². The van der Waals surface area contributed by atoms with Crippen LogP contribution in [-0.4, -0.2) is 34.9 Å². The number of benzene rings is 2. The van der Waals surface area contributed by atoms with Crippen LogP contribution in [0.1, 0.15) is 24.1 Å². The zero-order valence-electron chi connectivity index (χ0n) is 16.4. The van der Waals surface area contributed by atoms with Crippen molar-refractivity contribution in [3.8, 4) is 22.8 Å². The van der Waals surface area contributed by atoms with E-state index in [1.54, 1.807) is 16.8 Å². The van der Waals surface area contributed by atoms with E-state index in [0.29, 0.717) is 31.0 Å². The highest BCUT2D eigenvalue weighted by Crippen LogP contribution is 2.34. The second-order valence-electron chi connectivity index (χ2n) is 7.15. The minimum atomic E-state index is -0.259. The number of rotatable bonds is 5. The van der Waals surface area contributed by atoms with Crippen LogP contribution in [0.15, 0.2) is 48.7 Å². The molecule has 4 rings (SSSR count). The molecule has 146 valence electrons. The number of ether oxygens (including phenoxy) is 2. The molecular weight excluding hydrogens is 357 g/mol. The molecule has 1 aliphatic rings. The zero-order chi connectivity index (χ0) is 19.7. The van der Waals surface area contributed by atoms with E-state index in [-0.39, 0.29) is 11.9 Å². The predicted octanol–water partition coefficient (Wildman–Crippen LogP) is 4.19. The van der Waals surface area contributed by atoms with Gasteiger partial charge in [0.15, 0.2) is 11.5 Å². The molecule has 0 fully saturated rings. The largest absolute Gasteiger partial charge is 0.486 e. The molecular formula is C22H24FN3O2. The van der Waals surface area contributed by atoms with Crippen LogP contribution < -0.4 is 9.47 Å². The van der Waals surface area contributed by atoms with E-state index >= 15 is 0 Å². The van der Waals surface area contributed by atoms with E-state index in [1.165, 1.54) is 6.07 Å². The van der Waals surface area contributed by atoms with Gasteiger partial charge in [0.25, 0.3) is 0 Å². The molecule has 0 saturated heterocycles. The lowest BCUT2D eigenvalue weighted by molar-refractivity contribution is 0.170. The SMILES string of the molecule is C[C@H](c1ccc2c(c1)OCCO2)N(C)Cc1cn(C)nc1-c1ccccc1F. The van der Waals surface area contributed by atoms with Crippen molar-refractivity contribution in [1.29, 1.82) is 0 Å². The molecule has 28 heavy (non-hydrogen) atoms. The molecule has 2 heterocycles. The van der Waals surface area contributed by atoms with E-state index < -0.39 is 0 Å². The zero-order valence-corrected chi connectivity index (χ0v) is 16.4. The Morgan fingerprint density at radius 3 is 2.68 bits per heavy atom. The molecule has 1 aromatic heterocycles. The Morgan fingerprint density at radius 1 is 1.14 bits per heavy atom. The average molecular weight is 381 g/mol. The average Bonchev–Trinajstić information content (AvgIpc) is 3.07. The van der Waals surface area contributed by atoms with Gasteiger partial charge < -0.3 is 9.47 Å². The first kappa shape index (κ1) is 18.5. The summed E-state index contributed by atoms with van der Waals surface area (Å²) in [6.07, 6.45) is 1.95. The van der Waals surface area contributed by atoms with Crippen LogP contribution in [-0.2, 0) is 13.6 Å². The van der Waals surface area contributed by atoms with Crippen LogP contribution in [0.5, 0.6) is 11.5 Å². The van der Waals surface area contributed by atoms with Crippen molar-refractivity contribution in [3.05, 3.63) is 65.6 Å². The number of fused-ring (bicyclic) bond motifs is 1. The fraction of sp³-hybridized carbons (Fsp3) is 0.318. The van der Waals surface area contributed by atoms with Gasteiger partial charge in [-0.1, -0.05) is 18.2 Å². The third kappa shape index (κ3) is 3.60. The molecule has 0 amide bonds. The van der Waals surface area contributed by atoms with Gasteiger partial charge in [-0.25, -0.2) is 4.39 Å². The lowest BCUT2D eigenvalue weighted by Crippen LogP contribution is -2.22. The fourth-order valence-corrected chi connectivity index (χ4v) is 3.51. The van der Waals surface area contributed by atoms with Crippen LogP contribution in [0.4, 0.5) is 4.39 Å². The van der Waals surface area contributed by atoms with Crippen LogP contribution in [0.3, 0.4) is 0 Å². The Hall–Kier alpha value is -2.86. The molecule has 0 aliphatic carbocycles. The van der Waals surface area contributed by atoms with Gasteiger partial charge in [-0.15, -0.1) is 0 Å². The number of hydrogen-bond donors (Lipinski definition) is 0.